The molecular formula is C14H11Cl2N5O2. The van der Waals surface area contributed by atoms with Crippen LogP contribution in [0.2, 0.25) is 10.0 Å². The zero-order valence-corrected chi connectivity index (χ0v) is 13.2. The fraction of sp³-hybridized carbons (Fsp3) is 0.214. The number of nitriles is 1. The van der Waals surface area contributed by atoms with Gasteiger partial charge in [0, 0.05) is 28.7 Å². The fourth-order valence-electron chi connectivity index (χ4n) is 2.91. The van der Waals surface area contributed by atoms with Crippen LogP contribution in [0.3, 0.4) is 0 Å². The Hall–Kier alpha value is -2.43. The van der Waals surface area contributed by atoms with E-state index in [1.807, 2.05) is 6.07 Å². The van der Waals surface area contributed by atoms with Gasteiger partial charge >= 0.3 is 0 Å². The average Bonchev–Trinajstić information content (AvgIpc) is 2.96. The van der Waals surface area contributed by atoms with Crippen molar-refractivity contribution in [1.29, 1.82) is 5.26 Å². The second-order valence-corrected chi connectivity index (χ2v) is 5.86. The fourth-order valence-corrected chi connectivity index (χ4v) is 3.53. The average molecular weight is 352 g/mol. The topological polar surface area (TPSA) is 108 Å². The van der Waals surface area contributed by atoms with Gasteiger partial charge in [-0.1, -0.05) is 29.3 Å². The number of hydrogen-bond acceptors (Lipinski definition) is 6. The molecule has 1 aromatic rings. The number of nitrogens with zero attached hydrogens (tertiary/aromatic N) is 3. The lowest BCUT2D eigenvalue weighted by Gasteiger charge is -2.29. The quantitative estimate of drug-likeness (QED) is 0.624. The lowest BCUT2D eigenvalue weighted by atomic mass is 9.86. The summed E-state index contributed by atoms with van der Waals surface area (Å²) in [5.41, 5.74) is 6.26. The summed E-state index contributed by atoms with van der Waals surface area (Å²) in [5.74, 6) is -0.556. The zero-order valence-electron chi connectivity index (χ0n) is 11.7. The Labute approximate surface area is 141 Å². The first-order valence-corrected chi connectivity index (χ1v) is 7.46. The van der Waals surface area contributed by atoms with E-state index in [0.717, 1.165) is 0 Å². The first-order valence-electron chi connectivity index (χ1n) is 6.71. The molecule has 2 heterocycles. The highest BCUT2D eigenvalue weighted by Crippen LogP contribution is 2.45. The van der Waals surface area contributed by atoms with Crippen LogP contribution in [0, 0.1) is 21.4 Å². The molecule has 0 spiro atoms. The van der Waals surface area contributed by atoms with E-state index in [-0.39, 0.29) is 33.0 Å². The summed E-state index contributed by atoms with van der Waals surface area (Å²) >= 11 is 12.4. The van der Waals surface area contributed by atoms with Gasteiger partial charge in [-0.3, -0.25) is 10.1 Å². The molecule has 1 unspecified atom stereocenters. The Bertz CT molecular complexity index is 792. The van der Waals surface area contributed by atoms with Gasteiger partial charge in [0.15, 0.2) is 5.82 Å². The maximum atomic E-state index is 11.7. The molecule has 9 heteroatoms. The van der Waals surface area contributed by atoms with Crippen molar-refractivity contribution in [3.8, 4) is 6.07 Å². The van der Waals surface area contributed by atoms with Crippen molar-refractivity contribution >= 4 is 23.2 Å². The first-order chi connectivity index (χ1) is 11.0. The number of allylic oxidation sites excluding steroid dienone is 1. The molecule has 3 rings (SSSR count). The highest BCUT2D eigenvalue weighted by molar-refractivity contribution is 6.36. The van der Waals surface area contributed by atoms with Crippen molar-refractivity contribution in [2.24, 2.45) is 5.73 Å². The highest BCUT2D eigenvalue weighted by Gasteiger charge is 2.45. The van der Waals surface area contributed by atoms with E-state index >= 15 is 0 Å². The molecule has 0 aliphatic carbocycles. The van der Waals surface area contributed by atoms with Crippen LogP contribution in [-0.4, -0.2) is 22.9 Å². The summed E-state index contributed by atoms with van der Waals surface area (Å²) in [6.45, 7) is 0.946. The number of hydrogen-bond donors (Lipinski definition) is 2. The molecule has 2 aliphatic heterocycles. The van der Waals surface area contributed by atoms with Crippen molar-refractivity contribution in [1.82, 2.24) is 10.2 Å². The molecule has 0 amide bonds. The predicted molar refractivity (Wildman–Crippen MR) is 84.8 cm³/mol. The van der Waals surface area contributed by atoms with E-state index in [4.69, 9.17) is 28.9 Å². The van der Waals surface area contributed by atoms with Crippen LogP contribution >= 0.6 is 23.2 Å². The number of nitrogens with two attached hydrogens (primary N) is 1. The van der Waals surface area contributed by atoms with Gasteiger partial charge < -0.3 is 16.0 Å². The lowest BCUT2D eigenvalue weighted by molar-refractivity contribution is -0.432. The number of benzene rings is 1. The SMILES string of the molecule is N#CC1=C(N)N2CCNC2=C([N+](=O)[O-])C1c1c(Cl)cccc1Cl. The molecule has 0 saturated carbocycles. The first kappa shape index (κ1) is 15.5. The molecule has 7 nitrogen and oxygen atoms in total. The predicted octanol–water partition coefficient (Wildman–Crippen LogP) is 2.14. The third kappa shape index (κ3) is 2.27. The largest absolute Gasteiger partial charge is 0.384 e. The minimum Gasteiger partial charge on any atom is -0.384 e. The van der Waals surface area contributed by atoms with E-state index in [2.05, 4.69) is 5.32 Å². The van der Waals surface area contributed by atoms with Gasteiger partial charge in [-0.25, -0.2) is 0 Å². The van der Waals surface area contributed by atoms with Gasteiger partial charge in [0.1, 0.15) is 11.7 Å². The second-order valence-electron chi connectivity index (χ2n) is 5.05. The van der Waals surface area contributed by atoms with E-state index in [1.54, 1.807) is 18.2 Å². The van der Waals surface area contributed by atoms with Crippen molar-refractivity contribution in [2.45, 2.75) is 5.92 Å². The molecule has 0 aromatic heterocycles. The molecule has 3 N–H and O–H groups in total. The number of nitrogens with one attached hydrogen (secondary N) is 1. The van der Waals surface area contributed by atoms with E-state index in [0.29, 0.717) is 18.7 Å². The Morgan fingerprint density at radius 2 is 2.09 bits per heavy atom. The van der Waals surface area contributed by atoms with Gasteiger partial charge in [0.25, 0.3) is 5.70 Å². The minimum atomic E-state index is -1.02. The lowest BCUT2D eigenvalue weighted by Crippen LogP contribution is -2.36. The van der Waals surface area contributed by atoms with E-state index in [9.17, 15) is 15.4 Å². The third-order valence-corrected chi connectivity index (χ3v) is 4.53. The van der Waals surface area contributed by atoms with Crippen LogP contribution in [0.1, 0.15) is 11.5 Å². The summed E-state index contributed by atoms with van der Waals surface area (Å²) in [4.78, 5) is 12.7. The molecule has 1 saturated heterocycles. The van der Waals surface area contributed by atoms with E-state index in [1.165, 1.54) is 4.90 Å². The van der Waals surface area contributed by atoms with Crippen LogP contribution in [0.4, 0.5) is 0 Å². The molecule has 1 atom stereocenters. The number of halogens is 2. The molecule has 0 bridgehead atoms. The minimum absolute atomic E-state index is 0.0687. The normalized spacial score (nSPS) is 20.2. The van der Waals surface area contributed by atoms with Crippen LogP contribution in [0.25, 0.3) is 0 Å². The van der Waals surface area contributed by atoms with Crippen molar-refractivity contribution in [3.63, 3.8) is 0 Å². The van der Waals surface area contributed by atoms with Gasteiger partial charge in [0.05, 0.1) is 16.6 Å². The van der Waals surface area contributed by atoms with Crippen molar-refractivity contribution < 1.29 is 4.92 Å². The smallest absolute Gasteiger partial charge is 0.299 e. The molecule has 118 valence electrons. The Morgan fingerprint density at radius 1 is 1.43 bits per heavy atom. The maximum Gasteiger partial charge on any atom is 0.299 e. The van der Waals surface area contributed by atoms with Gasteiger partial charge in [-0.15, -0.1) is 0 Å². The summed E-state index contributed by atoms with van der Waals surface area (Å²) < 4.78 is 0. The number of nitro groups is 1. The Morgan fingerprint density at radius 3 is 2.65 bits per heavy atom. The van der Waals surface area contributed by atoms with Crippen LogP contribution in [0.5, 0.6) is 0 Å². The summed E-state index contributed by atoms with van der Waals surface area (Å²) in [5, 5.41) is 24.7. The van der Waals surface area contributed by atoms with Gasteiger partial charge in [0.2, 0.25) is 0 Å². The zero-order chi connectivity index (χ0) is 16.7. The molecule has 1 aromatic carbocycles. The summed E-state index contributed by atoms with van der Waals surface area (Å²) in [6, 6.07) is 6.77. The molecule has 23 heavy (non-hydrogen) atoms. The summed E-state index contributed by atoms with van der Waals surface area (Å²) in [6.07, 6.45) is 0. The maximum absolute atomic E-state index is 11.7. The molecule has 2 aliphatic rings. The van der Waals surface area contributed by atoms with Crippen LogP contribution in [0.15, 0.2) is 41.1 Å². The standard InChI is InChI=1S/C14H11Cl2N5O2/c15-8-2-1-3-9(16)11(8)10-7(6-17)13(18)20-5-4-19-14(20)12(10)21(22)23/h1-3,10,19H,4-5,18H2. The molecular weight excluding hydrogens is 341 g/mol. The second kappa shape index (κ2) is 5.65. The number of rotatable bonds is 2. The summed E-state index contributed by atoms with van der Waals surface area (Å²) in [7, 11) is 0. The number of fused-ring (bicyclic) bond motifs is 1. The molecule has 0 radical (unpaired) electrons. The highest BCUT2D eigenvalue weighted by atomic mass is 35.5. The Kier molecular flexibility index (Phi) is 3.80. The van der Waals surface area contributed by atoms with Gasteiger partial charge in [-0.2, -0.15) is 5.26 Å². The molecule has 1 fully saturated rings. The van der Waals surface area contributed by atoms with Gasteiger partial charge in [-0.05, 0) is 12.1 Å². The monoisotopic (exact) mass is 351 g/mol. The van der Waals surface area contributed by atoms with Crippen LogP contribution in [-0.2, 0) is 0 Å². The van der Waals surface area contributed by atoms with Crippen molar-refractivity contribution in [3.05, 3.63) is 66.8 Å². The van der Waals surface area contributed by atoms with Crippen LogP contribution < -0.4 is 11.1 Å². The van der Waals surface area contributed by atoms with Crippen molar-refractivity contribution in [2.75, 3.05) is 13.1 Å². The Balaban J connectivity index is 2.33. The van der Waals surface area contributed by atoms with E-state index < -0.39 is 10.8 Å². The third-order valence-electron chi connectivity index (χ3n) is 3.87.